The van der Waals surface area contributed by atoms with E-state index in [9.17, 15) is 0 Å². The number of carboxylic acids is 1. The van der Waals surface area contributed by atoms with Crippen LogP contribution < -0.4 is 10.0 Å². The summed E-state index contributed by atoms with van der Waals surface area (Å²) >= 11 is 0. The topological polar surface area (TPSA) is 44.6 Å². The Balaban J connectivity index is 0.00000118. The van der Waals surface area contributed by atoms with Gasteiger partial charge >= 0.3 is 0 Å². The summed E-state index contributed by atoms with van der Waals surface area (Å²) in [6.07, 6.45) is 19.0. The number of likely N-dealkylation sites (tertiary alicyclic amines) is 1. The summed E-state index contributed by atoms with van der Waals surface area (Å²) in [7, 11) is 0. The van der Waals surface area contributed by atoms with Crippen LogP contribution in [0.5, 0.6) is 0 Å². The van der Waals surface area contributed by atoms with Crippen molar-refractivity contribution in [1.82, 2.24) is 0 Å². The molecule has 0 amide bonds. The second-order valence-electron chi connectivity index (χ2n) is 7.57. The van der Waals surface area contributed by atoms with E-state index in [1.54, 1.807) is 0 Å². The summed E-state index contributed by atoms with van der Waals surface area (Å²) in [5.74, 6) is -0.0345. The second kappa shape index (κ2) is 17.3. The average Bonchev–Trinajstić information content (AvgIpc) is 2.55. The monoisotopic (exact) mass is 341 g/mol. The highest BCUT2D eigenvalue weighted by atomic mass is 16.4. The molecule has 1 saturated heterocycles. The molecule has 0 saturated carbocycles. The number of hydrogen-bond acceptors (Lipinski definition) is 2. The summed E-state index contributed by atoms with van der Waals surface area (Å²) in [5.41, 5.74) is 0. The maximum Gasteiger partial charge on any atom is 0.0799 e. The third kappa shape index (κ3) is 16.3. The van der Waals surface area contributed by atoms with E-state index in [0.717, 1.165) is 12.8 Å². The van der Waals surface area contributed by atoms with E-state index in [1.807, 2.05) is 4.90 Å². The number of rotatable bonds is 12. The van der Waals surface area contributed by atoms with Gasteiger partial charge in [0.1, 0.15) is 0 Å². The molecule has 2 atom stereocenters. The number of carbonyl (C=O) groups is 1. The van der Waals surface area contributed by atoms with Crippen molar-refractivity contribution in [2.75, 3.05) is 19.6 Å². The fourth-order valence-electron chi connectivity index (χ4n) is 3.73. The summed E-state index contributed by atoms with van der Waals surface area (Å²) < 4.78 is 0. The second-order valence-corrected chi connectivity index (χ2v) is 7.57. The molecule has 1 aliphatic heterocycles. The van der Waals surface area contributed by atoms with Gasteiger partial charge in [-0.05, 0) is 39.0 Å². The number of carbonyl (C=O) groups excluding carboxylic acids is 1. The molecule has 1 aliphatic rings. The summed E-state index contributed by atoms with van der Waals surface area (Å²) in [4.78, 5) is 10.8. The minimum Gasteiger partial charge on any atom is -0.550 e. The van der Waals surface area contributed by atoms with Gasteiger partial charge in [0.25, 0.3) is 0 Å². The molecule has 24 heavy (non-hydrogen) atoms. The van der Waals surface area contributed by atoms with Crippen LogP contribution in [-0.4, -0.2) is 25.6 Å². The van der Waals surface area contributed by atoms with Crippen LogP contribution in [0.25, 0.3) is 0 Å². The lowest BCUT2D eigenvalue weighted by Gasteiger charge is -2.30. The Hall–Kier alpha value is -0.570. The average molecular weight is 342 g/mol. The van der Waals surface area contributed by atoms with Crippen molar-refractivity contribution in [3.8, 4) is 0 Å². The van der Waals surface area contributed by atoms with E-state index in [0.29, 0.717) is 0 Å². The molecular weight excluding hydrogens is 298 g/mol. The van der Waals surface area contributed by atoms with Crippen LogP contribution in [0.4, 0.5) is 0 Å². The smallest absolute Gasteiger partial charge is 0.0799 e. The Morgan fingerprint density at radius 2 is 1.50 bits per heavy atom. The number of piperidine rings is 1. The third-order valence-corrected chi connectivity index (χ3v) is 5.07. The van der Waals surface area contributed by atoms with Crippen molar-refractivity contribution in [3.05, 3.63) is 0 Å². The molecule has 3 heteroatoms. The molecular formula is C21H43NO2. The van der Waals surface area contributed by atoms with Gasteiger partial charge in [-0.3, -0.25) is 0 Å². The highest BCUT2D eigenvalue weighted by Crippen LogP contribution is 2.15. The molecule has 144 valence electrons. The van der Waals surface area contributed by atoms with E-state index in [-0.39, 0.29) is 0 Å². The van der Waals surface area contributed by atoms with E-state index < -0.39 is 5.97 Å². The quantitative estimate of drug-likeness (QED) is 0.553. The Labute approximate surface area is 151 Å². The van der Waals surface area contributed by atoms with Crippen molar-refractivity contribution >= 4 is 5.97 Å². The van der Waals surface area contributed by atoms with Crippen LogP contribution in [-0.2, 0) is 4.79 Å². The molecule has 1 rings (SSSR count). The summed E-state index contributed by atoms with van der Waals surface area (Å²) in [5, 5.41) is 8.89. The van der Waals surface area contributed by atoms with Gasteiger partial charge in [-0.25, -0.2) is 0 Å². The maximum absolute atomic E-state index is 8.89. The Morgan fingerprint density at radius 1 is 0.958 bits per heavy atom. The third-order valence-electron chi connectivity index (χ3n) is 5.07. The summed E-state index contributed by atoms with van der Waals surface area (Å²) in [6, 6.07) is 0. The van der Waals surface area contributed by atoms with Gasteiger partial charge in [0.2, 0.25) is 0 Å². The van der Waals surface area contributed by atoms with Crippen molar-refractivity contribution in [2.24, 2.45) is 5.92 Å². The van der Waals surface area contributed by atoms with Gasteiger partial charge in [0.15, 0.2) is 0 Å². The number of nitrogens with one attached hydrogen (secondary N) is 1. The van der Waals surface area contributed by atoms with E-state index in [4.69, 9.17) is 9.90 Å². The van der Waals surface area contributed by atoms with Crippen LogP contribution in [0.3, 0.4) is 0 Å². The first-order valence-electron chi connectivity index (χ1n) is 10.6. The van der Waals surface area contributed by atoms with Gasteiger partial charge in [0.05, 0.1) is 19.6 Å². The number of hydrogen-bond donors (Lipinski definition) is 1. The highest BCUT2D eigenvalue weighted by Gasteiger charge is 2.21. The molecule has 1 fully saturated rings. The normalized spacial score (nSPS) is 20.3. The van der Waals surface area contributed by atoms with Gasteiger partial charge in [0, 0.05) is 11.9 Å². The number of carboxylic acid groups (broad SMARTS) is 1. The predicted octanol–water partition coefficient (Wildman–Crippen LogP) is 3.37. The molecule has 0 bridgehead atoms. The predicted molar refractivity (Wildman–Crippen MR) is 101 cm³/mol. The molecule has 0 aromatic heterocycles. The minimum atomic E-state index is -1.08. The maximum atomic E-state index is 8.89. The first-order chi connectivity index (χ1) is 11.6. The molecule has 0 aromatic carbocycles. The fraction of sp³-hybridized carbons (Fsp3) is 0.952. The molecule has 3 nitrogen and oxygen atoms in total. The summed E-state index contributed by atoms with van der Waals surface area (Å²) in [6.45, 7) is 10.00. The van der Waals surface area contributed by atoms with Gasteiger partial charge < -0.3 is 14.8 Å². The first kappa shape index (κ1) is 23.4. The Kier molecular flexibility index (Phi) is 16.8. The standard InChI is InChI=1S/C19H39N.C2H4O2/c1-3-5-7-8-9-10-11-12-16-20-17-13-15-19(18-20)14-6-4-2;1-2(3)4/h19H,3-18H2,1-2H3;1H3,(H,3,4). The lowest BCUT2D eigenvalue weighted by molar-refractivity contribution is -0.909. The zero-order valence-electron chi connectivity index (χ0n) is 16.7. The van der Waals surface area contributed by atoms with E-state index in [2.05, 4.69) is 13.8 Å². The number of unbranched alkanes of at least 4 members (excludes halogenated alkanes) is 8. The van der Waals surface area contributed by atoms with E-state index in [1.165, 1.54) is 103 Å². The van der Waals surface area contributed by atoms with Gasteiger partial charge in [-0.15, -0.1) is 0 Å². The van der Waals surface area contributed by atoms with Crippen LogP contribution >= 0.6 is 0 Å². The van der Waals surface area contributed by atoms with Crippen LogP contribution in [0.1, 0.15) is 104 Å². The van der Waals surface area contributed by atoms with Crippen molar-refractivity contribution in [2.45, 2.75) is 104 Å². The Bertz CT molecular complexity index is 277. The molecule has 1 N–H and O–H groups in total. The molecule has 1 heterocycles. The molecule has 0 aliphatic carbocycles. The Morgan fingerprint density at radius 3 is 2.08 bits per heavy atom. The SMILES string of the molecule is CC(=O)[O-].CCCCCCCCCC[NH+]1CCCC(CCCC)C1. The van der Waals surface area contributed by atoms with Crippen LogP contribution in [0.2, 0.25) is 0 Å². The van der Waals surface area contributed by atoms with Gasteiger partial charge in [-0.2, -0.15) is 0 Å². The molecule has 0 aromatic rings. The van der Waals surface area contributed by atoms with Crippen molar-refractivity contribution in [1.29, 1.82) is 0 Å². The van der Waals surface area contributed by atoms with Crippen LogP contribution in [0.15, 0.2) is 0 Å². The molecule has 2 unspecified atom stereocenters. The number of aliphatic carboxylic acids is 1. The molecule has 0 radical (unpaired) electrons. The lowest BCUT2D eigenvalue weighted by Crippen LogP contribution is -3.13. The van der Waals surface area contributed by atoms with Crippen LogP contribution in [0, 0.1) is 5.92 Å². The van der Waals surface area contributed by atoms with E-state index >= 15 is 0 Å². The van der Waals surface area contributed by atoms with Gasteiger partial charge in [-0.1, -0.05) is 65.2 Å². The minimum absolute atomic E-state index is 0.972. The fourth-order valence-corrected chi connectivity index (χ4v) is 3.73. The largest absolute Gasteiger partial charge is 0.550 e. The molecule has 0 spiro atoms. The zero-order valence-corrected chi connectivity index (χ0v) is 16.7. The number of quaternary nitrogens is 1. The zero-order chi connectivity index (χ0) is 18.0. The van der Waals surface area contributed by atoms with Crippen molar-refractivity contribution < 1.29 is 14.8 Å². The highest BCUT2D eigenvalue weighted by molar-refractivity contribution is 5.60. The lowest BCUT2D eigenvalue weighted by atomic mass is 9.92. The first-order valence-corrected chi connectivity index (χ1v) is 10.6. The van der Waals surface area contributed by atoms with Crippen molar-refractivity contribution in [3.63, 3.8) is 0 Å².